The quantitative estimate of drug-likeness (QED) is 0.224. The molecule has 1 aliphatic heterocycles. The molecule has 218 valence electrons. The monoisotopic (exact) mass is 667 g/mol. The van der Waals surface area contributed by atoms with Crippen molar-refractivity contribution in [2.75, 3.05) is 37.7 Å². The number of anilines is 1. The van der Waals surface area contributed by atoms with Crippen LogP contribution >= 0.6 is 46.4 Å². The molecule has 1 fully saturated rings. The highest BCUT2D eigenvalue weighted by Gasteiger charge is 2.37. The number of nitrogens with zero attached hydrogens (tertiary/aromatic N) is 3. The minimum absolute atomic E-state index is 0.000910. The first kappa shape index (κ1) is 30.8. The number of aromatic nitrogens is 1. The van der Waals surface area contributed by atoms with E-state index in [9.17, 15) is 35.2 Å². The maximum atomic E-state index is 13.7. The van der Waals surface area contributed by atoms with E-state index < -0.39 is 49.4 Å². The third-order valence-corrected chi connectivity index (χ3v) is 8.42. The summed E-state index contributed by atoms with van der Waals surface area (Å²) in [4.78, 5) is 14.6. The first-order valence-electron chi connectivity index (χ1n) is 11.3. The number of fused-ring (bicyclic) bond motifs is 1. The molecule has 1 saturated heterocycles. The largest absolute Gasteiger partial charge is 0.482 e. The van der Waals surface area contributed by atoms with Gasteiger partial charge in [0.25, 0.3) is 26.1 Å². The number of rotatable bonds is 6. The number of carbonyl (C=O) groups is 1. The average molecular weight is 669 g/mol. The van der Waals surface area contributed by atoms with Crippen LogP contribution in [0.3, 0.4) is 0 Å². The summed E-state index contributed by atoms with van der Waals surface area (Å²) in [6.45, 7) is -1.61. The van der Waals surface area contributed by atoms with E-state index in [1.165, 1.54) is 28.0 Å². The lowest BCUT2D eigenvalue weighted by molar-refractivity contribution is -0.153. The number of amides is 1. The van der Waals surface area contributed by atoms with Crippen LogP contribution in [0.2, 0.25) is 5.02 Å². The summed E-state index contributed by atoms with van der Waals surface area (Å²) in [5, 5.41) is 0.0600. The number of ether oxygens (including phenoxy) is 1. The van der Waals surface area contributed by atoms with Crippen molar-refractivity contribution in [2.45, 2.75) is 21.3 Å². The lowest BCUT2D eigenvalue weighted by atomic mass is 10.2. The van der Waals surface area contributed by atoms with Gasteiger partial charge in [0, 0.05) is 48.3 Å². The Kier molecular flexibility index (Phi) is 8.64. The summed E-state index contributed by atoms with van der Waals surface area (Å²) < 4.78 is 96.8. The number of benzene rings is 2. The van der Waals surface area contributed by atoms with Crippen molar-refractivity contribution in [2.24, 2.45) is 0 Å². The Morgan fingerprint density at radius 1 is 1.00 bits per heavy atom. The molecule has 0 unspecified atom stereocenters. The smallest absolute Gasteiger partial charge is 0.422 e. The third kappa shape index (κ3) is 6.48. The molecule has 4 rings (SSSR count). The second kappa shape index (κ2) is 11.2. The molecule has 2 heterocycles. The molecule has 3 aromatic rings. The summed E-state index contributed by atoms with van der Waals surface area (Å²) in [6.07, 6.45) is -6.91. The number of hydrogen-bond acceptors (Lipinski definition) is 5. The van der Waals surface area contributed by atoms with Gasteiger partial charge in [-0.05, 0) is 30.3 Å². The van der Waals surface area contributed by atoms with Crippen LogP contribution in [0.1, 0.15) is 12.0 Å². The fourth-order valence-electron chi connectivity index (χ4n) is 4.20. The van der Waals surface area contributed by atoms with Crippen molar-refractivity contribution in [3.8, 4) is 5.75 Å². The molecule has 17 heteroatoms. The van der Waals surface area contributed by atoms with Gasteiger partial charge in [-0.2, -0.15) is 13.2 Å². The van der Waals surface area contributed by atoms with Crippen LogP contribution in [0.15, 0.2) is 47.5 Å². The Bertz CT molecular complexity index is 1540. The van der Waals surface area contributed by atoms with Gasteiger partial charge in [0.15, 0.2) is 6.61 Å². The fraction of sp³-hybridized carbons (Fsp3) is 0.348. The lowest BCUT2D eigenvalue weighted by Crippen LogP contribution is -2.51. The van der Waals surface area contributed by atoms with Crippen LogP contribution in [0.25, 0.3) is 10.9 Å². The van der Waals surface area contributed by atoms with Crippen LogP contribution < -0.4 is 9.64 Å². The Labute approximate surface area is 244 Å². The van der Waals surface area contributed by atoms with Gasteiger partial charge in [0.2, 0.25) is 0 Å². The van der Waals surface area contributed by atoms with Gasteiger partial charge < -0.3 is 14.5 Å². The maximum Gasteiger partial charge on any atom is 0.422 e. The minimum atomic E-state index is -4.69. The molecule has 40 heavy (non-hydrogen) atoms. The van der Waals surface area contributed by atoms with E-state index in [2.05, 4.69) is 0 Å². The zero-order valence-electron chi connectivity index (χ0n) is 19.9. The van der Waals surface area contributed by atoms with Crippen molar-refractivity contribution in [1.82, 2.24) is 8.87 Å². The zero-order chi connectivity index (χ0) is 29.6. The molecule has 1 aromatic heterocycles. The summed E-state index contributed by atoms with van der Waals surface area (Å²) in [5.41, 5.74) is -0.689. The van der Waals surface area contributed by atoms with E-state index in [1.807, 2.05) is 0 Å². The van der Waals surface area contributed by atoms with Gasteiger partial charge >= 0.3 is 6.18 Å². The Morgan fingerprint density at radius 3 is 2.23 bits per heavy atom. The molecule has 0 radical (unpaired) electrons. The molecular weight excluding hydrogens is 651 g/mol. The van der Waals surface area contributed by atoms with Gasteiger partial charge in [0.1, 0.15) is 5.75 Å². The first-order chi connectivity index (χ1) is 18.5. The van der Waals surface area contributed by atoms with Crippen LogP contribution in [-0.2, 0) is 14.8 Å². The molecular formula is C23H18Cl4F5N3O4S. The molecule has 7 nitrogen and oxygen atoms in total. The number of piperazine rings is 1. The number of hydrogen-bond donors (Lipinski definition) is 0. The molecule has 0 aliphatic carbocycles. The molecule has 0 N–H and O–H groups in total. The number of carbonyl (C=O) groups excluding carboxylic acids is 1. The first-order valence-corrected chi connectivity index (χ1v) is 14.2. The van der Waals surface area contributed by atoms with Gasteiger partial charge in [-0.3, -0.25) is 4.79 Å². The zero-order valence-corrected chi connectivity index (χ0v) is 23.8. The summed E-state index contributed by atoms with van der Waals surface area (Å²) in [7, 11) is -4.56. The molecule has 1 aliphatic rings. The summed E-state index contributed by atoms with van der Waals surface area (Å²) >= 11 is 23.0. The predicted molar refractivity (Wildman–Crippen MR) is 142 cm³/mol. The van der Waals surface area contributed by atoms with Gasteiger partial charge in [0.05, 0.1) is 16.1 Å². The van der Waals surface area contributed by atoms with Crippen LogP contribution in [0, 0.1) is 0 Å². The SMILES string of the molecule is O=C(N1CCN(c2cc(S(=O)(=O)n3cc(C(F)F)c4ccc(Cl)cc43)ccc2OCC(F)(F)F)CC1)C(Cl)(Cl)Cl. The normalized spacial score (nSPS) is 15.2. The fourth-order valence-corrected chi connectivity index (χ4v) is 6.11. The highest BCUT2D eigenvalue weighted by Crippen LogP contribution is 2.37. The van der Waals surface area contributed by atoms with E-state index >= 15 is 0 Å². The van der Waals surface area contributed by atoms with E-state index in [-0.39, 0.29) is 53.5 Å². The van der Waals surface area contributed by atoms with E-state index in [1.54, 1.807) is 0 Å². The lowest BCUT2D eigenvalue weighted by Gasteiger charge is -2.37. The summed E-state index contributed by atoms with van der Waals surface area (Å²) in [5.74, 6) is -1.08. The molecule has 0 bridgehead atoms. The topological polar surface area (TPSA) is 71.9 Å². The van der Waals surface area contributed by atoms with E-state index in [0.29, 0.717) is 3.97 Å². The molecule has 2 aromatic carbocycles. The van der Waals surface area contributed by atoms with Crippen molar-refractivity contribution in [3.05, 3.63) is 53.2 Å². The van der Waals surface area contributed by atoms with Gasteiger partial charge in [-0.25, -0.2) is 21.2 Å². The van der Waals surface area contributed by atoms with Gasteiger partial charge in [-0.15, -0.1) is 0 Å². The highest BCUT2D eigenvalue weighted by atomic mass is 35.6. The van der Waals surface area contributed by atoms with Crippen molar-refractivity contribution >= 4 is 78.9 Å². The average Bonchev–Trinajstić information content (AvgIpc) is 3.26. The Balaban J connectivity index is 1.75. The molecule has 1 amide bonds. The second-order valence-corrected chi connectivity index (χ2v) is 13.2. The van der Waals surface area contributed by atoms with Crippen LogP contribution in [-0.4, -0.2) is 66.0 Å². The Hall–Kier alpha value is -2.19. The molecule has 0 spiro atoms. The van der Waals surface area contributed by atoms with Gasteiger partial charge in [-0.1, -0.05) is 52.5 Å². The second-order valence-electron chi connectivity index (χ2n) is 8.66. The predicted octanol–water partition coefficient (Wildman–Crippen LogP) is 6.43. The van der Waals surface area contributed by atoms with Crippen LogP contribution in [0.5, 0.6) is 5.75 Å². The summed E-state index contributed by atoms with van der Waals surface area (Å²) in [6, 6.07) is 6.94. The van der Waals surface area contributed by atoms with Crippen molar-refractivity contribution < 1.29 is 39.9 Å². The highest BCUT2D eigenvalue weighted by molar-refractivity contribution is 7.90. The Morgan fingerprint density at radius 2 is 1.65 bits per heavy atom. The molecule has 0 saturated carbocycles. The van der Waals surface area contributed by atoms with E-state index in [4.69, 9.17) is 51.1 Å². The third-order valence-electron chi connectivity index (χ3n) is 6.03. The van der Waals surface area contributed by atoms with E-state index in [0.717, 1.165) is 24.4 Å². The van der Waals surface area contributed by atoms with Crippen molar-refractivity contribution in [3.63, 3.8) is 0 Å². The minimum Gasteiger partial charge on any atom is -0.482 e. The number of halogens is 9. The maximum absolute atomic E-state index is 13.7. The number of alkyl halides is 8. The molecule has 0 atom stereocenters. The van der Waals surface area contributed by atoms with Crippen LogP contribution in [0.4, 0.5) is 27.6 Å². The standard InChI is InChI=1S/C23H18Cl4F5N3O4S/c24-13-1-3-15-16(20(28)29)11-35(17(15)9-13)40(37,38)14-2-4-19(39-12-22(30,31)32)18(10-14)33-5-7-34(8-6-33)21(36)23(25,26)27/h1-4,9-11,20H,5-8,12H2. The van der Waals surface area contributed by atoms with Crippen molar-refractivity contribution in [1.29, 1.82) is 0 Å².